The summed E-state index contributed by atoms with van der Waals surface area (Å²) in [6.07, 6.45) is 2.55. The molecule has 0 fully saturated rings. The minimum absolute atomic E-state index is 0.0533. The lowest BCUT2D eigenvalue weighted by Gasteiger charge is -2.04. The van der Waals surface area contributed by atoms with Gasteiger partial charge in [-0.2, -0.15) is 4.99 Å². The average Bonchev–Trinajstić information content (AvgIpc) is 3.31. The van der Waals surface area contributed by atoms with Gasteiger partial charge >= 0.3 is 11.0 Å². The van der Waals surface area contributed by atoms with E-state index in [9.17, 15) is 29.8 Å². The summed E-state index contributed by atoms with van der Waals surface area (Å²) in [6.45, 7) is 1.61. The van der Waals surface area contributed by atoms with Crippen molar-refractivity contribution in [1.29, 1.82) is 0 Å². The second-order valence-corrected chi connectivity index (χ2v) is 8.00. The van der Waals surface area contributed by atoms with Crippen LogP contribution < -0.4 is 4.80 Å². The molecule has 0 radical (unpaired) electrons. The molecule has 0 aliphatic heterocycles. The van der Waals surface area contributed by atoms with Crippen LogP contribution in [-0.4, -0.2) is 32.9 Å². The first-order valence-electron chi connectivity index (χ1n) is 8.73. The van der Waals surface area contributed by atoms with Crippen molar-refractivity contribution >= 4 is 61.5 Å². The Morgan fingerprint density at radius 2 is 1.94 bits per heavy atom. The molecule has 1 aromatic carbocycles. The summed E-state index contributed by atoms with van der Waals surface area (Å²) < 4.78 is 6.88. The van der Waals surface area contributed by atoms with Gasteiger partial charge < -0.3 is 9.30 Å². The normalized spacial score (nSPS) is 11.8. The molecule has 11 nitrogen and oxygen atoms in total. The maximum atomic E-state index is 12.3. The second kappa shape index (κ2) is 9.40. The highest BCUT2D eigenvalue weighted by Crippen LogP contribution is 2.25. The van der Waals surface area contributed by atoms with E-state index in [1.54, 1.807) is 6.92 Å². The summed E-state index contributed by atoms with van der Waals surface area (Å²) in [4.78, 5) is 49.7. The maximum absolute atomic E-state index is 12.3. The summed E-state index contributed by atoms with van der Waals surface area (Å²) in [5.74, 6) is -1.20. The number of thiophene rings is 1. The number of benzene rings is 1. The van der Waals surface area contributed by atoms with Gasteiger partial charge in [-0.3, -0.25) is 29.8 Å². The zero-order valence-electron chi connectivity index (χ0n) is 15.9. The number of nitrogens with zero attached hydrogens (tertiary/aromatic N) is 4. The first-order valence-corrected chi connectivity index (χ1v) is 10.4. The van der Waals surface area contributed by atoms with E-state index in [4.69, 9.17) is 4.74 Å². The SMILES string of the molecule is CCOC(=O)Cn1c(=NC(=O)/C=C\c2ccc([N+](=O)[O-])s2)sc2cc([N+](=O)[O-])ccc21. The Morgan fingerprint density at radius 1 is 1.16 bits per heavy atom. The molecule has 0 atom stereocenters. The van der Waals surface area contributed by atoms with Gasteiger partial charge in [0, 0.05) is 29.2 Å². The van der Waals surface area contributed by atoms with Crippen molar-refractivity contribution < 1.29 is 24.2 Å². The minimum Gasteiger partial charge on any atom is -0.465 e. The molecular weight excluding hydrogens is 448 g/mol. The van der Waals surface area contributed by atoms with Crippen LogP contribution in [0.4, 0.5) is 10.7 Å². The highest BCUT2D eigenvalue weighted by Gasteiger charge is 2.15. The van der Waals surface area contributed by atoms with Gasteiger partial charge in [0.15, 0.2) is 4.80 Å². The standard InChI is InChI=1S/C18H14N4O7S2/c1-2-29-17(24)10-20-13-6-3-11(21(25)26)9-14(13)31-18(20)19-15(23)7-4-12-5-8-16(30-12)22(27)28/h3-9H,2,10H2,1H3/b7-4-,19-18?. The van der Waals surface area contributed by atoms with Crippen LogP contribution in [0, 0.1) is 20.2 Å². The van der Waals surface area contributed by atoms with Gasteiger partial charge in [0.25, 0.3) is 11.6 Å². The van der Waals surface area contributed by atoms with Gasteiger partial charge in [0.05, 0.1) is 26.7 Å². The predicted molar refractivity (Wildman–Crippen MR) is 114 cm³/mol. The third-order valence-electron chi connectivity index (χ3n) is 3.86. The fraction of sp³-hybridized carbons (Fsp3) is 0.167. The number of hydrogen-bond donors (Lipinski definition) is 0. The lowest BCUT2D eigenvalue weighted by atomic mass is 10.3. The van der Waals surface area contributed by atoms with E-state index in [0.29, 0.717) is 15.1 Å². The summed E-state index contributed by atoms with van der Waals surface area (Å²) in [5.41, 5.74) is 0.363. The number of amides is 1. The number of aromatic nitrogens is 1. The van der Waals surface area contributed by atoms with Crippen LogP contribution in [0.3, 0.4) is 0 Å². The largest absolute Gasteiger partial charge is 0.465 e. The van der Waals surface area contributed by atoms with Crippen molar-refractivity contribution in [3.63, 3.8) is 0 Å². The minimum atomic E-state index is -0.658. The number of carbonyl (C=O) groups is 2. The Balaban J connectivity index is 1.98. The van der Waals surface area contributed by atoms with Crippen molar-refractivity contribution in [1.82, 2.24) is 4.57 Å². The first kappa shape index (κ1) is 22.0. The molecule has 0 aliphatic carbocycles. The third kappa shape index (κ3) is 5.26. The van der Waals surface area contributed by atoms with E-state index < -0.39 is 21.7 Å². The molecule has 2 aromatic heterocycles. The fourth-order valence-electron chi connectivity index (χ4n) is 2.56. The number of ether oxygens (including phenoxy) is 1. The molecule has 0 saturated carbocycles. The number of carbonyl (C=O) groups excluding carboxylic acids is 2. The van der Waals surface area contributed by atoms with Crippen molar-refractivity contribution in [3.05, 3.63) is 66.3 Å². The molecule has 0 aliphatic rings. The lowest BCUT2D eigenvalue weighted by molar-refractivity contribution is -0.384. The number of nitro benzene ring substituents is 1. The van der Waals surface area contributed by atoms with Crippen LogP contribution in [0.5, 0.6) is 0 Å². The van der Waals surface area contributed by atoms with Gasteiger partial charge in [0.2, 0.25) is 0 Å². The lowest BCUT2D eigenvalue weighted by Crippen LogP contribution is -2.22. The fourth-order valence-corrected chi connectivity index (χ4v) is 4.36. The van der Waals surface area contributed by atoms with Gasteiger partial charge in [-0.25, -0.2) is 0 Å². The summed E-state index contributed by atoms with van der Waals surface area (Å²) in [5, 5.41) is 21.7. The highest BCUT2D eigenvalue weighted by molar-refractivity contribution is 7.16. The number of esters is 1. The van der Waals surface area contributed by atoms with Crippen LogP contribution in [0.25, 0.3) is 16.3 Å². The Hall–Kier alpha value is -3.71. The first-order chi connectivity index (χ1) is 14.8. The third-order valence-corrected chi connectivity index (χ3v) is 5.90. The molecule has 0 N–H and O–H groups in total. The van der Waals surface area contributed by atoms with Gasteiger partial charge in [0.1, 0.15) is 6.54 Å². The molecule has 2 heterocycles. The molecule has 0 saturated heterocycles. The van der Waals surface area contributed by atoms with E-state index in [1.165, 1.54) is 41.0 Å². The molecule has 31 heavy (non-hydrogen) atoms. The maximum Gasteiger partial charge on any atom is 0.326 e. The molecule has 0 spiro atoms. The summed E-state index contributed by atoms with van der Waals surface area (Å²) >= 11 is 1.92. The monoisotopic (exact) mass is 462 g/mol. The summed E-state index contributed by atoms with van der Waals surface area (Å²) in [7, 11) is 0. The van der Waals surface area contributed by atoms with E-state index >= 15 is 0 Å². The van der Waals surface area contributed by atoms with Crippen LogP contribution in [0.15, 0.2) is 41.4 Å². The number of nitro groups is 2. The molecule has 0 bridgehead atoms. The average molecular weight is 462 g/mol. The molecule has 13 heteroatoms. The number of non-ortho nitro benzene ring substituents is 1. The zero-order valence-corrected chi connectivity index (χ0v) is 17.6. The van der Waals surface area contributed by atoms with Crippen LogP contribution >= 0.6 is 22.7 Å². The van der Waals surface area contributed by atoms with Crippen LogP contribution in [0.1, 0.15) is 11.8 Å². The van der Waals surface area contributed by atoms with E-state index in [1.807, 2.05) is 0 Å². The Kier molecular flexibility index (Phi) is 6.67. The second-order valence-electron chi connectivity index (χ2n) is 5.90. The molecule has 0 unspecified atom stereocenters. The summed E-state index contributed by atoms with van der Waals surface area (Å²) in [6, 6.07) is 6.95. The smallest absolute Gasteiger partial charge is 0.326 e. The van der Waals surface area contributed by atoms with Crippen molar-refractivity contribution in [2.45, 2.75) is 13.5 Å². The molecule has 160 valence electrons. The van der Waals surface area contributed by atoms with Crippen LogP contribution in [0.2, 0.25) is 0 Å². The molecule has 3 rings (SSSR count). The van der Waals surface area contributed by atoms with Crippen molar-refractivity contribution in [2.24, 2.45) is 4.99 Å². The quantitative estimate of drug-likeness (QED) is 0.226. The number of hydrogen-bond acceptors (Lipinski definition) is 9. The predicted octanol–water partition coefficient (Wildman–Crippen LogP) is 3.28. The van der Waals surface area contributed by atoms with Gasteiger partial charge in [-0.05, 0) is 25.1 Å². The number of thiazole rings is 1. The van der Waals surface area contributed by atoms with Crippen LogP contribution in [-0.2, 0) is 20.9 Å². The Morgan fingerprint density at radius 3 is 2.58 bits per heavy atom. The molecule has 1 amide bonds. The number of rotatable bonds is 7. The number of fused-ring (bicyclic) bond motifs is 1. The van der Waals surface area contributed by atoms with Gasteiger partial charge in [-0.15, -0.1) is 0 Å². The molecular formula is C18H14N4O7S2. The zero-order chi connectivity index (χ0) is 22.5. The Bertz CT molecular complexity index is 1290. The van der Waals surface area contributed by atoms with E-state index in [-0.39, 0.29) is 28.6 Å². The van der Waals surface area contributed by atoms with E-state index in [2.05, 4.69) is 4.99 Å². The van der Waals surface area contributed by atoms with Crippen molar-refractivity contribution in [2.75, 3.05) is 6.61 Å². The topological polar surface area (TPSA) is 147 Å². The van der Waals surface area contributed by atoms with E-state index in [0.717, 1.165) is 28.7 Å². The molecule has 3 aromatic rings. The van der Waals surface area contributed by atoms with Gasteiger partial charge in [-0.1, -0.05) is 22.7 Å². The van der Waals surface area contributed by atoms with Crippen molar-refractivity contribution in [3.8, 4) is 0 Å². The highest BCUT2D eigenvalue weighted by atomic mass is 32.1. The Labute approximate surface area is 181 Å².